The van der Waals surface area contributed by atoms with Crippen LogP contribution in [0.1, 0.15) is 30.1 Å². The summed E-state index contributed by atoms with van der Waals surface area (Å²) in [6, 6.07) is 7.88. The maximum Gasteiger partial charge on any atom is 0.102 e. The van der Waals surface area contributed by atoms with Gasteiger partial charge in [0.2, 0.25) is 0 Å². The topological polar surface area (TPSA) is 61.4 Å². The molecule has 2 rings (SSSR count). The van der Waals surface area contributed by atoms with E-state index in [0.29, 0.717) is 0 Å². The fourth-order valence-electron chi connectivity index (χ4n) is 2.39. The largest absolute Gasteiger partial charge is 0.750 e. The number of rotatable bonds is 4. The molecule has 1 saturated heterocycles. The molecule has 0 amide bonds. The molecule has 0 spiro atoms. The van der Waals surface area contributed by atoms with E-state index in [0.717, 1.165) is 37.1 Å². The van der Waals surface area contributed by atoms with Gasteiger partial charge in [0.15, 0.2) is 0 Å². The zero-order valence-electron chi connectivity index (χ0n) is 10.4. The van der Waals surface area contributed by atoms with Gasteiger partial charge in [-0.2, -0.15) is 0 Å². The highest BCUT2D eigenvalue weighted by Crippen LogP contribution is 2.32. The minimum atomic E-state index is -2.47. The molecule has 1 aromatic carbocycles. The second-order valence-corrected chi connectivity index (χ2v) is 5.32. The summed E-state index contributed by atoms with van der Waals surface area (Å²) in [7, 11) is 0. The van der Waals surface area contributed by atoms with Gasteiger partial charge in [-0.25, -0.2) is 4.21 Å². The molecular formula is C13H18NO3S-. The average molecular weight is 268 g/mol. The second-order valence-electron chi connectivity index (χ2n) is 4.72. The van der Waals surface area contributed by atoms with E-state index in [9.17, 15) is 8.76 Å². The van der Waals surface area contributed by atoms with Gasteiger partial charge in [-0.3, -0.25) is 4.18 Å². The molecule has 100 valence electrons. The van der Waals surface area contributed by atoms with Crippen molar-refractivity contribution in [2.45, 2.75) is 25.9 Å². The molecule has 2 atom stereocenters. The van der Waals surface area contributed by atoms with E-state index in [-0.39, 0.29) is 12.0 Å². The van der Waals surface area contributed by atoms with E-state index in [1.807, 2.05) is 31.2 Å². The van der Waals surface area contributed by atoms with Crippen molar-refractivity contribution >= 4 is 11.4 Å². The zero-order chi connectivity index (χ0) is 13.0. The molecule has 1 heterocycles. The van der Waals surface area contributed by atoms with Crippen LogP contribution in [0, 0.1) is 12.8 Å². The summed E-state index contributed by atoms with van der Waals surface area (Å²) < 4.78 is 26.8. The van der Waals surface area contributed by atoms with E-state index in [1.165, 1.54) is 0 Å². The zero-order valence-corrected chi connectivity index (χ0v) is 11.2. The highest BCUT2D eigenvalue weighted by Gasteiger charge is 2.26. The molecular weight excluding hydrogens is 250 g/mol. The van der Waals surface area contributed by atoms with Gasteiger partial charge in [0.05, 0.1) is 11.4 Å². The number of piperidine rings is 1. The Labute approximate surface area is 110 Å². The van der Waals surface area contributed by atoms with Crippen molar-refractivity contribution in [2.75, 3.05) is 13.1 Å². The molecule has 1 aliphatic rings. The molecule has 0 aliphatic carbocycles. The maximum absolute atomic E-state index is 10.9. The van der Waals surface area contributed by atoms with Crippen LogP contribution in [-0.4, -0.2) is 21.9 Å². The standard InChI is InChI=1S/C13H19NO3S/c1-10-2-4-11(5-3-10)13(17-18(15)16)12-6-8-14-9-7-12/h2-5,12-14H,6-9H2,1H3,(H,15,16)/p-1. The van der Waals surface area contributed by atoms with Crippen molar-refractivity contribution in [1.29, 1.82) is 0 Å². The Morgan fingerprint density at radius 1 is 1.33 bits per heavy atom. The van der Waals surface area contributed by atoms with Crippen LogP contribution < -0.4 is 5.32 Å². The van der Waals surface area contributed by atoms with Crippen LogP contribution >= 0.6 is 0 Å². The smallest absolute Gasteiger partial charge is 0.102 e. The lowest BCUT2D eigenvalue weighted by atomic mass is 9.88. The normalized spacial score (nSPS) is 20.6. The molecule has 0 radical (unpaired) electrons. The van der Waals surface area contributed by atoms with E-state index >= 15 is 0 Å². The average Bonchev–Trinajstić information content (AvgIpc) is 2.38. The predicted octanol–water partition coefficient (Wildman–Crippen LogP) is 1.85. The van der Waals surface area contributed by atoms with Crippen molar-refractivity contribution in [3.05, 3.63) is 35.4 Å². The fourth-order valence-corrected chi connectivity index (χ4v) is 2.83. The van der Waals surface area contributed by atoms with Crippen LogP contribution in [0.15, 0.2) is 24.3 Å². The molecule has 5 heteroatoms. The van der Waals surface area contributed by atoms with E-state index in [4.69, 9.17) is 4.18 Å². The van der Waals surface area contributed by atoms with Crippen molar-refractivity contribution in [2.24, 2.45) is 5.92 Å². The Morgan fingerprint density at radius 3 is 2.50 bits per heavy atom. The molecule has 4 nitrogen and oxygen atoms in total. The highest BCUT2D eigenvalue weighted by molar-refractivity contribution is 7.74. The summed E-state index contributed by atoms with van der Waals surface area (Å²) in [5.74, 6) is 0.256. The van der Waals surface area contributed by atoms with Gasteiger partial charge >= 0.3 is 0 Å². The monoisotopic (exact) mass is 268 g/mol. The van der Waals surface area contributed by atoms with Crippen LogP contribution in [-0.2, 0) is 15.5 Å². The SMILES string of the molecule is Cc1ccc(C(OS(=O)[O-])C2CCNCC2)cc1. The van der Waals surface area contributed by atoms with Gasteiger partial charge in [0.1, 0.15) is 6.10 Å². The third-order valence-electron chi connectivity index (χ3n) is 3.40. The molecule has 1 N–H and O–H groups in total. The number of benzene rings is 1. The minimum absolute atomic E-state index is 0.256. The van der Waals surface area contributed by atoms with Crippen LogP contribution in [0.25, 0.3) is 0 Å². The lowest BCUT2D eigenvalue weighted by Gasteiger charge is -2.31. The Balaban J connectivity index is 2.17. The number of hydrogen-bond acceptors (Lipinski definition) is 4. The lowest BCUT2D eigenvalue weighted by molar-refractivity contribution is 0.115. The van der Waals surface area contributed by atoms with E-state index in [2.05, 4.69) is 5.32 Å². The first-order valence-corrected chi connectivity index (χ1v) is 7.20. The van der Waals surface area contributed by atoms with Gasteiger partial charge in [-0.1, -0.05) is 29.8 Å². The highest BCUT2D eigenvalue weighted by atomic mass is 32.2. The molecule has 2 unspecified atom stereocenters. The number of nitrogens with one attached hydrogen (secondary N) is 1. The first-order valence-electron chi connectivity index (χ1n) is 6.20. The summed E-state index contributed by atoms with van der Waals surface area (Å²) in [6.45, 7) is 3.85. The summed E-state index contributed by atoms with van der Waals surface area (Å²) in [5, 5.41) is 3.27. The molecule has 1 aliphatic heterocycles. The summed E-state index contributed by atoms with van der Waals surface area (Å²) in [5.41, 5.74) is 2.10. The van der Waals surface area contributed by atoms with Crippen LogP contribution in [0.4, 0.5) is 0 Å². The first kappa shape index (κ1) is 13.7. The van der Waals surface area contributed by atoms with E-state index < -0.39 is 11.4 Å². The molecule has 0 aromatic heterocycles. The van der Waals surface area contributed by atoms with Crippen LogP contribution in [0.3, 0.4) is 0 Å². The van der Waals surface area contributed by atoms with Gasteiger partial charge in [-0.15, -0.1) is 0 Å². The minimum Gasteiger partial charge on any atom is -0.750 e. The number of aryl methyl sites for hydroxylation is 1. The number of hydrogen-bond donors (Lipinski definition) is 1. The molecule has 0 bridgehead atoms. The third kappa shape index (κ3) is 3.62. The van der Waals surface area contributed by atoms with Gasteiger partial charge in [0.25, 0.3) is 0 Å². The van der Waals surface area contributed by atoms with Gasteiger partial charge in [0, 0.05) is 0 Å². The van der Waals surface area contributed by atoms with Crippen LogP contribution in [0.2, 0.25) is 0 Å². The van der Waals surface area contributed by atoms with Crippen molar-refractivity contribution in [1.82, 2.24) is 5.32 Å². The lowest BCUT2D eigenvalue weighted by Crippen LogP contribution is -2.32. The Kier molecular flexibility index (Phi) is 4.88. The van der Waals surface area contributed by atoms with Gasteiger partial charge < -0.3 is 9.87 Å². The van der Waals surface area contributed by atoms with Gasteiger partial charge in [-0.05, 0) is 44.3 Å². The second kappa shape index (κ2) is 6.43. The van der Waals surface area contributed by atoms with Crippen molar-refractivity contribution < 1.29 is 12.9 Å². The first-order chi connectivity index (χ1) is 8.66. The van der Waals surface area contributed by atoms with E-state index in [1.54, 1.807) is 0 Å². The molecule has 18 heavy (non-hydrogen) atoms. The Bertz CT molecular complexity index is 401. The third-order valence-corrected chi connectivity index (χ3v) is 3.76. The Morgan fingerprint density at radius 2 is 1.94 bits per heavy atom. The predicted molar refractivity (Wildman–Crippen MR) is 69.5 cm³/mol. The fraction of sp³-hybridized carbons (Fsp3) is 0.538. The quantitative estimate of drug-likeness (QED) is 0.847. The maximum atomic E-state index is 10.9. The van der Waals surface area contributed by atoms with Crippen molar-refractivity contribution in [3.63, 3.8) is 0 Å². The Hall–Kier alpha value is -0.750. The van der Waals surface area contributed by atoms with Crippen molar-refractivity contribution in [3.8, 4) is 0 Å². The van der Waals surface area contributed by atoms with Crippen LogP contribution in [0.5, 0.6) is 0 Å². The molecule has 0 saturated carbocycles. The molecule has 1 aromatic rings. The summed E-state index contributed by atoms with van der Waals surface area (Å²) in [4.78, 5) is 0. The summed E-state index contributed by atoms with van der Waals surface area (Å²) >= 11 is -2.47. The summed E-state index contributed by atoms with van der Waals surface area (Å²) in [6.07, 6.45) is 1.52. The molecule has 1 fully saturated rings.